The van der Waals surface area contributed by atoms with Gasteiger partial charge in [0, 0.05) is 0 Å². The fraction of sp³-hybridized carbons (Fsp3) is 1.00. The molecule has 0 aromatic heterocycles. The maximum absolute atomic E-state index is 7.76. The summed E-state index contributed by atoms with van der Waals surface area (Å²) in [6, 6.07) is 0. The van der Waals surface area contributed by atoms with Crippen LogP contribution in [0.3, 0.4) is 0 Å². The Hall–Kier alpha value is 0.870. The van der Waals surface area contributed by atoms with Crippen LogP contribution < -0.4 is 0 Å². The standard InChI is InChI=1S/C20H17Cl3/c21-18-11-1-3-4-2(11)6-8-15(4)19(22)14(3)7-5(1)12(18)9-10(13(6)18)17(8)20(19,23)16(7)9/h1-17H/t1-,2+,3-,4-,5-,6+,7-,8+,9+,10+,11?,12-,13+,14+,15-,16+,17-,18?,19?,20?/m0/s1. The van der Waals surface area contributed by atoms with Crippen LogP contribution in [0.5, 0.6) is 0 Å². The van der Waals surface area contributed by atoms with Crippen LogP contribution >= 0.6 is 34.8 Å². The van der Waals surface area contributed by atoms with E-state index in [1.54, 1.807) is 0 Å². The molecule has 20 atom stereocenters. The third-order valence-electron chi connectivity index (χ3n) is 13.4. The number of hydrogen-bond donors (Lipinski definition) is 0. The second-order valence-electron chi connectivity index (χ2n) is 11.8. The third-order valence-corrected chi connectivity index (χ3v) is 15.9. The predicted octanol–water partition coefficient (Wildman–Crippen LogP) is 3.54. The molecular weight excluding hydrogens is 347 g/mol. The maximum Gasteiger partial charge on any atom is 0.0711 e. The largest absolute Gasteiger partial charge is 0.118 e. The van der Waals surface area contributed by atoms with Gasteiger partial charge in [0.05, 0.1) is 14.6 Å². The number of alkyl halides is 3. The molecule has 0 heterocycles. The van der Waals surface area contributed by atoms with Crippen LogP contribution in [0.4, 0.5) is 0 Å². The lowest BCUT2D eigenvalue weighted by molar-refractivity contribution is 0.198. The summed E-state index contributed by atoms with van der Waals surface area (Å²) in [6.07, 6.45) is 0. The highest BCUT2D eigenvalue weighted by atomic mass is 35.5. The van der Waals surface area contributed by atoms with Crippen molar-refractivity contribution in [1.29, 1.82) is 0 Å². The Morgan fingerprint density at radius 3 is 1.09 bits per heavy atom. The summed E-state index contributed by atoms with van der Waals surface area (Å²) in [5.41, 5.74) is 0. The van der Waals surface area contributed by atoms with Crippen LogP contribution in [0.25, 0.3) is 0 Å². The summed E-state index contributed by atoms with van der Waals surface area (Å²) in [7, 11) is 0. The summed E-state index contributed by atoms with van der Waals surface area (Å²) >= 11 is 23.3. The van der Waals surface area contributed by atoms with Crippen LogP contribution in [-0.4, -0.2) is 14.6 Å². The molecule has 12 saturated carbocycles. The molecule has 0 saturated heterocycles. The SMILES string of the molecule is ClC12C3[C@@H]4[C@H]5[C@@H]6[C@@H]7[C@H]([C@@H]8[C@H]1[C@@H]1[C@H]3[C@H]3[C@H]4[C@H]6C4(Cl)[C@@H]3[C@@H]1[C@@H]8C74Cl)[C@H]52. The predicted molar refractivity (Wildman–Crippen MR) is 85.1 cm³/mol. The van der Waals surface area contributed by atoms with Crippen molar-refractivity contribution >= 4 is 34.8 Å². The second kappa shape index (κ2) is 2.24. The zero-order chi connectivity index (χ0) is 14.3. The Morgan fingerprint density at radius 2 is 0.609 bits per heavy atom. The Labute approximate surface area is 150 Å². The lowest BCUT2D eigenvalue weighted by atomic mass is 9.76. The van der Waals surface area contributed by atoms with E-state index >= 15 is 0 Å². The van der Waals surface area contributed by atoms with Gasteiger partial charge in [0.25, 0.3) is 0 Å². The molecule has 0 spiro atoms. The Kier molecular flexibility index (Phi) is 1.06. The molecule has 0 amide bonds. The highest BCUT2D eigenvalue weighted by Gasteiger charge is 3.07. The average molecular weight is 364 g/mol. The van der Waals surface area contributed by atoms with Gasteiger partial charge in [-0.1, -0.05) is 0 Å². The Balaban J connectivity index is 1.48. The van der Waals surface area contributed by atoms with Gasteiger partial charge in [0.1, 0.15) is 0 Å². The first-order valence-corrected chi connectivity index (χ1v) is 11.3. The van der Waals surface area contributed by atoms with Crippen LogP contribution in [0.2, 0.25) is 0 Å². The van der Waals surface area contributed by atoms with Gasteiger partial charge in [-0.15, -0.1) is 34.8 Å². The topological polar surface area (TPSA) is 0 Å². The molecule has 0 aromatic rings. The average Bonchev–Trinajstić information content (AvgIpc) is 3.20. The maximum atomic E-state index is 7.76. The molecule has 118 valence electrons. The van der Waals surface area contributed by atoms with Crippen molar-refractivity contribution < 1.29 is 0 Å². The molecule has 0 radical (unpaired) electrons. The molecule has 12 rings (SSSR count). The van der Waals surface area contributed by atoms with E-state index < -0.39 is 0 Å². The highest BCUT2D eigenvalue weighted by Crippen LogP contribution is 3.05. The van der Waals surface area contributed by atoms with E-state index in [1.807, 2.05) is 0 Å². The van der Waals surface area contributed by atoms with Crippen LogP contribution in [0.15, 0.2) is 0 Å². The van der Waals surface area contributed by atoms with Crippen molar-refractivity contribution in [2.24, 2.45) is 101 Å². The van der Waals surface area contributed by atoms with Crippen molar-refractivity contribution in [1.82, 2.24) is 0 Å². The molecule has 0 aliphatic heterocycles. The Bertz CT molecular complexity index is 786. The van der Waals surface area contributed by atoms with Crippen molar-refractivity contribution in [2.45, 2.75) is 14.6 Å². The lowest BCUT2D eigenvalue weighted by Gasteiger charge is -2.41. The number of halogens is 3. The first-order chi connectivity index (χ1) is 11.1. The van der Waals surface area contributed by atoms with Gasteiger partial charge in [-0.3, -0.25) is 0 Å². The van der Waals surface area contributed by atoms with Gasteiger partial charge in [-0.2, -0.15) is 0 Å². The molecule has 23 heavy (non-hydrogen) atoms. The van der Waals surface area contributed by atoms with Gasteiger partial charge in [-0.25, -0.2) is 0 Å². The van der Waals surface area contributed by atoms with E-state index in [0.717, 1.165) is 101 Å². The number of rotatable bonds is 0. The van der Waals surface area contributed by atoms with Crippen molar-refractivity contribution in [2.75, 3.05) is 0 Å². The fourth-order valence-corrected chi connectivity index (χ4v) is 17.7. The van der Waals surface area contributed by atoms with E-state index in [0.29, 0.717) is 0 Å². The molecule has 4 unspecified atom stereocenters. The second-order valence-corrected chi connectivity index (χ2v) is 13.7. The van der Waals surface area contributed by atoms with E-state index in [4.69, 9.17) is 34.8 Å². The summed E-state index contributed by atoms with van der Waals surface area (Å²) in [5.74, 6) is 15.2. The monoisotopic (exact) mass is 362 g/mol. The molecule has 0 bridgehead atoms. The molecule has 0 N–H and O–H groups in total. The van der Waals surface area contributed by atoms with Crippen LogP contribution in [0.1, 0.15) is 0 Å². The summed E-state index contributed by atoms with van der Waals surface area (Å²) in [6.45, 7) is 0. The molecular formula is C20H17Cl3. The molecule has 12 fully saturated rings. The third kappa shape index (κ3) is 0.509. The molecule has 12 aliphatic rings. The summed E-state index contributed by atoms with van der Waals surface area (Å²) < 4.78 is 0. The van der Waals surface area contributed by atoms with E-state index in [2.05, 4.69) is 0 Å². The van der Waals surface area contributed by atoms with E-state index in [9.17, 15) is 0 Å². The van der Waals surface area contributed by atoms with Gasteiger partial charge in [0.2, 0.25) is 0 Å². The normalized spacial score (nSPS) is 105. The zero-order valence-electron chi connectivity index (χ0n) is 12.4. The lowest BCUT2D eigenvalue weighted by Crippen LogP contribution is -2.49. The van der Waals surface area contributed by atoms with Crippen molar-refractivity contribution in [3.63, 3.8) is 0 Å². The first-order valence-electron chi connectivity index (χ1n) is 10.2. The minimum atomic E-state index is -0.000108. The van der Waals surface area contributed by atoms with Crippen LogP contribution in [-0.2, 0) is 0 Å². The Morgan fingerprint density at radius 1 is 0.348 bits per heavy atom. The number of hydrogen-bond acceptors (Lipinski definition) is 0. The quantitative estimate of drug-likeness (QED) is 0.577. The first kappa shape index (κ1) is 10.9. The zero-order valence-corrected chi connectivity index (χ0v) is 14.7. The van der Waals surface area contributed by atoms with Crippen molar-refractivity contribution in [3.05, 3.63) is 0 Å². The van der Waals surface area contributed by atoms with Gasteiger partial charge < -0.3 is 0 Å². The van der Waals surface area contributed by atoms with Gasteiger partial charge >= 0.3 is 0 Å². The van der Waals surface area contributed by atoms with Gasteiger partial charge in [0.15, 0.2) is 0 Å². The molecule has 0 nitrogen and oxygen atoms in total. The molecule has 3 heteroatoms. The van der Waals surface area contributed by atoms with Crippen molar-refractivity contribution in [3.8, 4) is 0 Å². The summed E-state index contributed by atoms with van der Waals surface area (Å²) in [5, 5.41) is 0. The van der Waals surface area contributed by atoms with Crippen LogP contribution in [0, 0.1) is 101 Å². The van der Waals surface area contributed by atoms with E-state index in [-0.39, 0.29) is 14.6 Å². The highest BCUT2D eigenvalue weighted by molar-refractivity contribution is 6.37. The summed E-state index contributed by atoms with van der Waals surface area (Å²) in [4.78, 5) is 0.261. The van der Waals surface area contributed by atoms with E-state index in [1.165, 1.54) is 0 Å². The molecule has 12 aliphatic carbocycles. The minimum absolute atomic E-state index is 0.000108. The smallest absolute Gasteiger partial charge is 0.0711 e. The fourth-order valence-electron chi connectivity index (χ4n) is 15.2. The molecule has 0 aromatic carbocycles. The van der Waals surface area contributed by atoms with Gasteiger partial charge in [-0.05, 0) is 101 Å². The minimum Gasteiger partial charge on any atom is -0.118 e.